The van der Waals surface area contributed by atoms with Crippen LogP contribution in [0.3, 0.4) is 0 Å². The van der Waals surface area contributed by atoms with E-state index in [0.29, 0.717) is 0 Å². The lowest BCUT2D eigenvalue weighted by molar-refractivity contribution is -0.274. The Morgan fingerprint density at radius 1 is 1.29 bits per heavy atom. The summed E-state index contributed by atoms with van der Waals surface area (Å²) in [6, 6.07) is 4.74. The number of para-hydroxylation sites is 1. The first-order chi connectivity index (χ1) is 11.2. The number of urea groups is 1. The van der Waals surface area contributed by atoms with E-state index in [1.54, 1.807) is 0 Å². The molecule has 0 aromatic heterocycles. The van der Waals surface area contributed by atoms with Gasteiger partial charge in [0.15, 0.2) is 0 Å². The lowest BCUT2D eigenvalue weighted by Crippen LogP contribution is -2.40. The molecule has 1 aromatic rings. The maximum atomic E-state index is 12.3. The van der Waals surface area contributed by atoms with Crippen LogP contribution >= 0.6 is 0 Å². The van der Waals surface area contributed by atoms with Crippen LogP contribution in [0.1, 0.15) is 5.56 Å². The smallest absolute Gasteiger partial charge is 0.405 e. The van der Waals surface area contributed by atoms with Gasteiger partial charge in [0.05, 0.1) is 0 Å². The lowest BCUT2D eigenvalue weighted by Gasteiger charge is -2.15. The third-order valence-electron chi connectivity index (χ3n) is 3.21. The molecule has 10 heteroatoms. The third kappa shape index (κ3) is 4.37. The molecule has 0 aliphatic carbocycles. The summed E-state index contributed by atoms with van der Waals surface area (Å²) in [6.07, 6.45) is -4.85. The SMILES string of the molecule is CN1CC(=O)N(CC(=O)NCc2ccccc2OC(F)(F)F)C1=O. The number of nitrogens with zero attached hydrogens (tertiary/aromatic N) is 2. The summed E-state index contributed by atoms with van der Waals surface area (Å²) in [5.41, 5.74) is 0.111. The summed E-state index contributed by atoms with van der Waals surface area (Å²) in [5, 5.41) is 2.36. The second kappa shape index (κ2) is 6.77. The second-order valence-corrected chi connectivity index (χ2v) is 5.05. The number of hydrogen-bond acceptors (Lipinski definition) is 4. The first-order valence-corrected chi connectivity index (χ1v) is 6.83. The number of imide groups is 1. The van der Waals surface area contributed by atoms with E-state index in [1.165, 1.54) is 25.2 Å². The van der Waals surface area contributed by atoms with Crippen molar-refractivity contribution in [2.24, 2.45) is 0 Å². The molecular formula is C14H14F3N3O4. The number of likely N-dealkylation sites (N-methyl/N-ethyl adjacent to an activating group) is 1. The lowest BCUT2D eigenvalue weighted by atomic mass is 10.2. The van der Waals surface area contributed by atoms with Gasteiger partial charge in [0, 0.05) is 19.2 Å². The fraction of sp³-hybridized carbons (Fsp3) is 0.357. The van der Waals surface area contributed by atoms with Gasteiger partial charge in [-0.3, -0.25) is 14.5 Å². The van der Waals surface area contributed by atoms with Gasteiger partial charge < -0.3 is 15.0 Å². The quantitative estimate of drug-likeness (QED) is 0.811. The van der Waals surface area contributed by atoms with Crippen molar-refractivity contribution >= 4 is 17.8 Å². The highest BCUT2D eigenvalue weighted by Gasteiger charge is 2.35. The van der Waals surface area contributed by atoms with Gasteiger partial charge in [-0.15, -0.1) is 13.2 Å². The molecule has 7 nitrogen and oxygen atoms in total. The molecular weight excluding hydrogens is 331 g/mol. The van der Waals surface area contributed by atoms with E-state index in [-0.39, 0.29) is 18.7 Å². The predicted octanol–water partition coefficient (Wildman–Crippen LogP) is 1.10. The van der Waals surface area contributed by atoms with E-state index in [2.05, 4.69) is 10.1 Å². The van der Waals surface area contributed by atoms with Gasteiger partial charge in [-0.25, -0.2) is 4.79 Å². The Morgan fingerprint density at radius 3 is 2.54 bits per heavy atom. The minimum absolute atomic E-state index is 0.111. The number of amides is 4. The van der Waals surface area contributed by atoms with Crippen molar-refractivity contribution in [3.05, 3.63) is 29.8 Å². The van der Waals surface area contributed by atoms with E-state index in [1.807, 2.05) is 0 Å². The first kappa shape index (κ1) is 17.6. The molecule has 0 spiro atoms. The largest absolute Gasteiger partial charge is 0.573 e. The van der Waals surface area contributed by atoms with Gasteiger partial charge in [-0.2, -0.15) is 0 Å². The van der Waals surface area contributed by atoms with Gasteiger partial charge in [0.1, 0.15) is 18.8 Å². The highest BCUT2D eigenvalue weighted by molar-refractivity contribution is 6.04. The van der Waals surface area contributed by atoms with Crippen LogP contribution in [-0.2, 0) is 16.1 Å². The van der Waals surface area contributed by atoms with Gasteiger partial charge in [0.25, 0.3) is 5.91 Å². The highest BCUT2D eigenvalue weighted by Crippen LogP contribution is 2.26. The molecule has 2 rings (SSSR count). The number of alkyl halides is 3. The zero-order chi connectivity index (χ0) is 17.9. The molecule has 1 saturated heterocycles. The summed E-state index contributed by atoms with van der Waals surface area (Å²) < 4.78 is 40.8. The van der Waals surface area contributed by atoms with E-state index in [0.717, 1.165) is 15.9 Å². The molecule has 1 aromatic carbocycles. The topological polar surface area (TPSA) is 79.0 Å². The van der Waals surface area contributed by atoms with Gasteiger partial charge >= 0.3 is 12.4 Å². The van der Waals surface area contributed by atoms with E-state index in [4.69, 9.17) is 0 Å². The van der Waals surface area contributed by atoms with Crippen molar-refractivity contribution in [2.45, 2.75) is 12.9 Å². The van der Waals surface area contributed by atoms with E-state index >= 15 is 0 Å². The Bertz CT molecular complexity index is 663. The Kier molecular flexibility index (Phi) is 4.96. The predicted molar refractivity (Wildman–Crippen MR) is 74.7 cm³/mol. The maximum Gasteiger partial charge on any atom is 0.573 e. The van der Waals surface area contributed by atoms with Crippen molar-refractivity contribution in [3.63, 3.8) is 0 Å². The minimum Gasteiger partial charge on any atom is -0.405 e. The van der Waals surface area contributed by atoms with Crippen molar-refractivity contribution in [3.8, 4) is 5.75 Å². The van der Waals surface area contributed by atoms with Crippen molar-refractivity contribution in [2.75, 3.05) is 20.1 Å². The van der Waals surface area contributed by atoms with Crippen molar-refractivity contribution < 1.29 is 32.3 Å². The van der Waals surface area contributed by atoms with Gasteiger partial charge in [-0.05, 0) is 6.07 Å². The van der Waals surface area contributed by atoms with Crippen molar-refractivity contribution in [1.29, 1.82) is 0 Å². The number of benzene rings is 1. The van der Waals surface area contributed by atoms with Gasteiger partial charge in [-0.1, -0.05) is 18.2 Å². The number of halogens is 3. The van der Waals surface area contributed by atoms with E-state index < -0.39 is 36.5 Å². The summed E-state index contributed by atoms with van der Waals surface area (Å²) in [6.45, 7) is -0.851. The molecule has 1 N–H and O–H groups in total. The monoisotopic (exact) mass is 345 g/mol. The molecule has 1 aliphatic heterocycles. The summed E-state index contributed by atoms with van der Waals surface area (Å²) in [7, 11) is 1.42. The van der Waals surface area contributed by atoms with Crippen molar-refractivity contribution in [1.82, 2.24) is 15.1 Å². The average Bonchev–Trinajstić information content (AvgIpc) is 2.71. The number of carbonyl (C=O) groups excluding carboxylic acids is 3. The highest BCUT2D eigenvalue weighted by atomic mass is 19.4. The Hall–Kier alpha value is -2.78. The number of carbonyl (C=O) groups is 3. The molecule has 0 radical (unpaired) electrons. The van der Waals surface area contributed by atoms with Crippen LogP contribution in [-0.4, -0.2) is 54.1 Å². The standard InChI is InChI=1S/C14H14F3N3O4/c1-19-8-12(22)20(13(19)23)7-11(21)18-6-9-4-2-3-5-10(9)24-14(15,16)17/h2-5H,6-8H2,1H3,(H,18,21). The summed E-state index contributed by atoms with van der Waals surface area (Å²) in [4.78, 5) is 37.0. The third-order valence-corrected chi connectivity index (χ3v) is 3.21. The maximum absolute atomic E-state index is 12.3. The van der Waals surface area contributed by atoms with Gasteiger partial charge in [0.2, 0.25) is 5.91 Å². The van der Waals surface area contributed by atoms with Crippen LogP contribution in [0.2, 0.25) is 0 Å². The van der Waals surface area contributed by atoms with Crippen LogP contribution < -0.4 is 10.1 Å². The molecule has 1 aliphatic rings. The second-order valence-electron chi connectivity index (χ2n) is 5.05. The zero-order valence-electron chi connectivity index (χ0n) is 12.6. The number of hydrogen-bond donors (Lipinski definition) is 1. The normalized spacial score (nSPS) is 15.0. The average molecular weight is 345 g/mol. The molecule has 0 bridgehead atoms. The molecule has 1 fully saturated rings. The van der Waals surface area contributed by atoms with Crippen LogP contribution in [0.15, 0.2) is 24.3 Å². The first-order valence-electron chi connectivity index (χ1n) is 6.83. The number of rotatable bonds is 5. The summed E-state index contributed by atoms with van der Waals surface area (Å²) in [5.74, 6) is -1.62. The van der Waals surface area contributed by atoms with E-state index in [9.17, 15) is 27.6 Å². The summed E-state index contributed by atoms with van der Waals surface area (Å²) >= 11 is 0. The number of nitrogens with one attached hydrogen (secondary N) is 1. The molecule has 130 valence electrons. The molecule has 0 unspecified atom stereocenters. The molecule has 0 saturated carbocycles. The van der Waals surface area contributed by atoms with Crippen LogP contribution in [0, 0.1) is 0 Å². The molecule has 4 amide bonds. The Balaban J connectivity index is 1.95. The number of ether oxygens (including phenoxy) is 1. The zero-order valence-corrected chi connectivity index (χ0v) is 12.6. The van der Waals surface area contributed by atoms with Crippen LogP contribution in [0.25, 0.3) is 0 Å². The molecule has 24 heavy (non-hydrogen) atoms. The van der Waals surface area contributed by atoms with Crippen LogP contribution in [0.4, 0.5) is 18.0 Å². The van der Waals surface area contributed by atoms with Crippen LogP contribution in [0.5, 0.6) is 5.75 Å². The molecule has 0 atom stereocenters. The minimum atomic E-state index is -4.85. The molecule has 1 heterocycles. The fourth-order valence-corrected chi connectivity index (χ4v) is 2.09. The Morgan fingerprint density at radius 2 is 1.96 bits per heavy atom. The fourth-order valence-electron chi connectivity index (χ4n) is 2.09. The Labute approximate surface area is 135 Å².